The Balaban J connectivity index is 1.55. The van der Waals surface area contributed by atoms with Crippen LogP contribution in [0.4, 0.5) is 5.69 Å². The first-order valence-electron chi connectivity index (χ1n) is 8.83. The van der Waals surface area contributed by atoms with E-state index in [1.54, 1.807) is 6.20 Å². The fourth-order valence-corrected chi connectivity index (χ4v) is 3.40. The number of amides is 1. The number of carbonyl (C=O) groups excluding carboxylic acids is 1. The summed E-state index contributed by atoms with van der Waals surface area (Å²) in [5, 5.41) is 7.03. The van der Waals surface area contributed by atoms with Crippen molar-refractivity contribution < 1.29 is 9.32 Å². The molecule has 1 amide bonds. The predicted octanol–water partition coefficient (Wildman–Crippen LogP) is 3.67. The number of aromatic nitrogens is 3. The number of nitrogens with zero attached hydrogens (tertiary/aromatic N) is 3. The second-order valence-electron chi connectivity index (χ2n) is 6.55. The highest BCUT2D eigenvalue weighted by Crippen LogP contribution is 2.36. The first kappa shape index (κ1) is 16.4. The smallest absolute Gasteiger partial charge is 0.231 e. The Morgan fingerprint density at radius 1 is 1.31 bits per heavy atom. The summed E-state index contributed by atoms with van der Waals surface area (Å²) in [6.07, 6.45) is 4.10. The van der Waals surface area contributed by atoms with Gasteiger partial charge >= 0.3 is 0 Å². The zero-order valence-corrected chi connectivity index (χ0v) is 14.8. The van der Waals surface area contributed by atoms with Crippen molar-refractivity contribution >= 4 is 11.6 Å². The van der Waals surface area contributed by atoms with Crippen molar-refractivity contribution in [3.63, 3.8) is 0 Å². The molecular formula is C20H20N4O2. The SMILES string of the molecule is CCc1nc(-c2ccc3c(c2)CC[C@H]3C(=O)Nc2ccnc(C)c2)no1. The van der Waals surface area contributed by atoms with E-state index in [-0.39, 0.29) is 11.8 Å². The molecule has 1 atom stereocenters. The van der Waals surface area contributed by atoms with Crippen LogP contribution < -0.4 is 5.32 Å². The molecule has 132 valence electrons. The number of hydrogen-bond donors (Lipinski definition) is 1. The van der Waals surface area contributed by atoms with E-state index in [4.69, 9.17) is 4.52 Å². The summed E-state index contributed by atoms with van der Waals surface area (Å²) < 4.78 is 5.19. The molecule has 6 nitrogen and oxygen atoms in total. The lowest BCUT2D eigenvalue weighted by Gasteiger charge is -2.13. The highest BCUT2D eigenvalue weighted by atomic mass is 16.5. The molecule has 0 unspecified atom stereocenters. The number of carbonyl (C=O) groups is 1. The van der Waals surface area contributed by atoms with Gasteiger partial charge in [0.25, 0.3) is 0 Å². The Morgan fingerprint density at radius 3 is 2.96 bits per heavy atom. The summed E-state index contributed by atoms with van der Waals surface area (Å²) in [5.74, 6) is 1.12. The van der Waals surface area contributed by atoms with Gasteiger partial charge in [0.15, 0.2) is 0 Å². The molecule has 0 radical (unpaired) electrons. The normalized spacial score (nSPS) is 15.7. The van der Waals surface area contributed by atoms with Crippen LogP contribution in [0.15, 0.2) is 41.1 Å². The highest BCUT2D eigenvalue weighted by Gasteiger charge is 2.29. The van der Waals surface area contributed by atoms with Crippen LogP contribution in [0, 0.1) is 6.92 Å². The lowest BCUT2D eigenvalue weighted by atomic mass is 9.98. The summed E-state index contributed by atoms with van der Waals surface area (Å²) in [7, 11) is 0. The number of benzene rings is 1. The molecular weight excluding hydrogens is 328 g/mol. The van der Waals surface area contributed by atoms with Crippen LogP contribution in [0.2, 0.25) is 0 Å². The van der Waals surface area contributed by atoms with E-state index >= 15 is 0 Å². The summed E-state index contributed by atoms with van der Waals surface area (Å²) >= 11 is 0. The monoisotopic (exact) mass is 348 g/mol. The molecule has 3 aromatic rings. The first-order chi connectivity index (χ1) is 12.6. The molecule has 0 aliphatic heterocycles. The lowest BCUT2D eigenvalue weighted by Crippen LogP contribution is -2.19. The maximum atomic E-state index is 12.7. The lowest BCUT2D eigenvalue weighted by molar-refractivity contribution is -0.117. The first-order valence-corrected chi connectivity index (χ1v) is 8.83. The van der Waals surface area contributed by atoms with Gasteiger partial charge in [-0.1, -0.05) is 24.2 Å². The minimum atomic E-state index is -0.135. The molecule has 1 aliphatic rings. The van der Waals surface area contributed by atoms with E-state index < -0.39 is 0 Å². The number of nitrogens with one attached hydrogen (secondary N) is 1. The van der Waals surface area contributed by atoms with Gasteiger partial charge in [-0.05, 0) is 49.1 Å². The van der Waals surface area contributed by atoms with Gasteiger partial charge in [-0.15, -0.1) is 0 Å². The van der Waals surface area contributed by atoms with E-state index in [9.17, 15) is 4.79 Å². The van der Waals surface area contributed by atoms with Gasteiger partial charge in [-0.3, -0.25) is 9.78 Å². The second kappa shape index (κ2) is 6.71. The summed E-state index contributed by atoms with van der Waals surface area (Å²) in [6, 6.07) is 9.74. The average molecular weight is 348 g/mol. The quantitative estimate of drug-likeness (QED) is 0.778. The van der Waals surface area contributed by atoms with Crippen LogP contribution in [0.25, 0.3) is 11.4 Å². The molecule has 2 aromatic heterocycles. The van der Waals surface area contributed by atoms with Gasteiger partial charge in [-0.2, -0.15) is 4.98 Å². The number of anilines is 1. The van der Waals surface area contributed by atoms with Crippen LogP contribution in [-0.4, -0.2) is 21.0 Å². The fourth-order valence-electron chi connectivity index (χ4n) is 3.40. The molecule has 6 heteroatoms. The second-order valence-corrected chi connectivity index (χ2v) is 6.55. The Kier molecular flexibility index (Phi) is 4.24. The van der Waals surface area contributed by atoms with Gasteiger partial charge in [0.1, 0.15) is 0 Å². The van der Waals surface area contributed by atoms with Crippen LogP contribution in [0.5, 0.6) is 0 Å². The Hall–Kier alpha value is -3.02. The topological polar surface area (TPSA) is 80.9 Å². The third-order valence-corrected chi connectivity index (χ3v) is 4.73. The minimum absolute atomic E-state index is 0.0231. The molecule has 1 aliphatic carbocycles. The number of aryl methyl sites for hydroxylation is 3. The Morgan fingerprint density at radius 2 is 2.19 bits per heavy atom. The van der Waals surface area contributed by atoms with Gasteiger partial charge in [0.05, 0.1) is 5.92 Å². The molecule has 0 saturated heterocycles. The molecule has 0 bridgehead atoms. The predicted molar refractivity (Wildman–Crippen MR) is 97.8 cm³/mol. The Bertz CT molecular complexity index is 964. The highest BCUT2D eigenvalue weighted by molar-refractivity contribution is 5.96. The van der Waals surface area contributed by atoms with Crippen molar-refractivity contribution in [2.24, 2.45) is 0 Å². The fraction of sp³-hybridized carbons (Fsp3) is 0.300. The number of pyridine rings is 1. The van der Waals surface area contributed by atoms with E-state index in [1.165, 1.54) is 5.56 Å². The third-order valence-electron chi connectivity index (χ3n) is 4.73. The molecule has 0 fully saturated rings. The zero-order valence-electron chi connectivity index (χ0n) is 14.8. The van der Waals surface area contributed by atoms with Crippen molar-refractivity contribution in [3.05, 3.63) is 59.2 Å². The minimum Gasteiger partial charge on any atom is -0.339 e. The number of rotatable bonds is 4. The Labute approximate surface area is 151 Å². The van der Waals surface area contributed by atoms with E-state index in [2.05, 4.69) is 26.5 Å². The standard InChI is InChI=1S/C20H20N4O2/c1-3-18-23-19(24-26-18)14-5-6-16-13(11-14)4-7-17(16)20(25)22-15-8-9-21-12(2)10-15/h5-6,8-11,17H,3-4,7H2,1-2H3,(H,21,22,25)/t17-/m1/s1. The van der Waals surface area contributed by atoms with Gasteiger partial charge in [-0.25, -0.2) is 0 Å². The van der Waals surface area contributed by atoms with Gasteiger partial charge < -0.3 is 9.84 Å². The van der Waals surface area contributed by atoms with Crippen molar-refractivity contribution in [2.45, 2.75) is 39.0 Å². The van der Waals surface area contributed by atoms with Crippen LogP contribution in [0.1, 0.15) is 42.0 Å². The van der Waals surface area contributed by atoms with Gasteiger partial charge in [0.2, 0.25) is 17.6 Å². The van der Waals surface area contributed by atoms with Crippen LogP contribution in [-0.2, 0) is 17.6 Å². The third kappa shape index (κ3) is 3.10. The van der Waals surface area contributed by atoms with Crippen molar-refractivity contribution in [1.82, 2.24) is 15.1 Å². The maximum Gasteiger partial charge on any atom is 0.231 e. The van der Waals surface area contributed by atoms with E-state index in [0.29, 0.717) is 18.1 Å². The number of fused-ring (bicyclic) bond motifs is 1. The summed E-state index contributed by atoms with van der Waals surface area (Å²) in [5.41, 5.74) is 4.85. The molecule has 1 aromatic carbocycles. The molecule has 4 rings (SSSR count). The van der Waals surface area contributed by atoms with Crippen molar-refractivity contribution in [1.29, 1.82) is 0 Å². The van der Waals surface area contributed by atoms with Crippen molar-refractivity contribution in [3.8, 4) is 11.4 Å². The van der Waals surface area contributed by atoms with Crippen molar-refractivity contribution in [2.75, 3.05) is 5.32 Å². The maximum absolute atomic E-state index is 12.7. The molecule has 26 heavy (non-hydrogen) atoms. The van der Waals surface area contributed by atoms with E-state index in [0.717, 1.165) is 35.3 Å². The van der Waals surface area contributed by atoms with Crippen LogP contribution in [0.3, 0.4) is 0 Å². The molecule has 0 saturated carbocycles. The summed E-state index contributed by atoms with van der Waals surface area (Å²) in [6.45, 7) is 3.89. The molecule has 1 N–H and O–H groups in total. The van der Waals surface area contributed by atoms with E-state index in [1.807, 2.05) is 38.1 Å². The average Bonchev–Trinajstić information content (AvgIpc) is 3.28. The molecule has 2 heterocycles. The van der Waals surface area contributed by atoms with Crippen LogP contribution >= 0.6 is 0 Å². The zero-order chi connectivity index (χ0) is 18.1. The summed E-state index contributed by atoms with van der Waals surface area (Å²) in [4.78, 5) is 21.3. The number of hydrogen-bond acceptors (Lipinski definition) is 5. The molecule has 0 spiro atoms. The van der Waals surface area contributed by atoms with Gasteiger partial charge in [0, 0.05) is 29.6 Å². The largest absolute Gasteiger partial charge is 0.339 e.